The molecular formula is C11H21NO. The maximum atomic E-state index is 9.59. The van der Waals surface area contributed by atoms with E-state index in [2.05, 4.69) is 12.2 Å². The molecule has 0 amide bonds. The smallest absolute Gasteiger partial charge is 0.0618 e. The molecule has 2 N–H and O–H groups in total. The highest BCUT2D eigenvalue weighted by atomic mass is 16.3. The average Bonchev–Trinajstić information content (AvgIpc) is 2.44. The number of hydrogen-bond donors (Lipinski definition) is 2. The molecular weight excluding hydrogens is 162 g/mol. The molecule has 1 unspecified atom stereocenters. The number of nitrogens with one attached hydrogen (secondary N) is 1. The summed E-state index contributed by atoms with van der Waals surface area (Å²) in [5.74, 6) is 0. The summed E-state index contributed by atoms with van der Waals surface area (Å²) >= 11 is 0. The quantitative estimate of drug-likeness (QED) is 0.697. The molecule has 0 aromatic carbocycles. The van der Waals surface area contributed by atoms with Crippen LogP contribution in [0.1, 0.15) is 45.4 Å². The number of likely N-dealkylation sites (N-methyl/N-ethyl adjacent to an activating group) is 1. The molecule has 76 valence electrons. The molecule has 2 fully saturated rings. The predicted molar refractivity (Wildman–Crippen MR) is 53.6 cm³/mol. The highest BCUT2D eigenvalue weighted by Crippen LogP contribution is 2.58. The molecule has 2 heteroatoms. The van der Waals surface area contributed by atoms with Gasteiger partial charge in [-0.1, -0.05) is 19.8 Å². The summed E-state index contributed by atoms with van der Waals surface area (Å²) in [6.45, 7) is 3.46. The van der Waals surface area contributed by atoms with E-state index < -0.39 is 0 Å². The van der Waals surface area contributed by atoms with Gasteiger partial charge in [0.05, 0.1) is 6.61 Å². The Balaban J connectivity index is 2.16. The summed E-state index contributed by atoms with van der Waals surface area (Å²) in [4.78, 5) is 0. The minimum atomic E-state index is 0.0833. The van der Waals surface area contributed by atoms with Gasteiger partial charge < -0.3 is 10.4 Å². The van der Waals surface area contributed by atoms with Crippen molar-refractivity contribution in [3.63, 3.8) is 0 Å². The minimum absolute atomic E-state index is 0.0833. The third-order valence-electron chi connectivity index (χ3n) is 4.37. The first kappa shape index (κ1) is 9.47. The van der Waals surface area contributed by atoms with E-state index >= 15 is 0 Å². The van der Waals surface area contributed by atoms with Crippen molar-refractivity contribution < 1.29 is 5.11 Å². The van der Waals surface area contributed by atoms with Gasteiger partial charge in [-0.25, -0.2) is 0 Å². The van der Waals surface area contributed by atoms with Crippen molar-refractivity contribution in [3.8, 4) is 0 Å². The SMILES string of the molecule is CCNC1(CO)CCCC12CCC2. The first-order valence-corrected chi connectivity index (χ1v) is 5.64. The zero-order valence-corrected chi connectivity index (χ0v) is 8.60. The van der Waals surface area contributed by atoms with E-state index in [1.54, 1.807) is 0 Å². The molecule has 0 aromatic rings. The molecule has 0 radical (unpaired) electrons. The largest absolute Gasteiger partial charge is 0.394 e. The van der Waals surface area contributed by atoms with Gasteiger partial charge in [-0.2, -0.15) is 0 Å². The van der Waals surface area contributed by atoms with Crippen molar-refractivity contribution in [1.29, 1.82) is 0 Å². The maximum absolute atomic E-state index is 9.59. The second-order valence-electron chi connectivity index (χ2n) is 4.76. The summed E-state index contributed by atoms with van der Waals surface area (Å²) in [6.07, 6.45) is 7.85. The van der Waals surface area contributed by atoms with Gasteiger partial charge in [0.15, 0.2) is 0 Å². The standard InChI is InChI=1S/C11H21NO/c1-2-12-11(9-13)8-4-7-10(11)5-3-6-10/h12-13H,2-9H2,1H3. The van der Waals surface area contributed by atoms with E-state index in [0.717, 1.165) is 6.54 Å². The van der Waals surface area contributed by atoms with Crippen LogP contribution in [0, 0.1) is 5.41 Å². The van der Waals surface area contributed by atoms with Gasteiger partial charge >= 0.3 is 0 Å². The molecule has 0 heterocycles. The molecule has 0 aliphatic heterocycles. The molecule has 2 saturated carbocycles. The molecule has 0 aromatic heterocycles. The third kappa shape index (κ3) is 1.15. The van der Waals surface area contributed by atoms with Crippen LogP contribution in [0.5, 0.6) is 0 Å². The van der Waals surface area contributed by atoms with E-state index in [4.69, 9.17) is 0 Å². The summed E-state index contributed by atoms with van der Waals surface area (Å²) in [5.41, 5.74) is 0.553. The molecule has 0 saturated heterocycles. The van der Waals surface area contributed by atoms with Gasteiger partial charge in [0, 0.05) is 5.54 Å². The minimum Gasteiger partial charge on any atom is -0.394 e. The first-order chi connectivity index (χ1) is 6.29. The van der Waals surface area contributed by atoms with Crippen molar-refractivity contribution in [3.05, 3.63) is 0 Å². The molecule has 2 aliphatic carbocycles. The summed E-state index contributed by atoms with van der Waals surface area (Å²) in [7, 11) is 0. The molecule has 1 spiro atoms. The van der Waals surface area contributed by atoms with Crippen LogP contribution in [0.3, 0.4) is 0 Å². The van der Waals surface area contributed by atoms with Crippen LogP contribution in [0.25, 0.3) is 0 Å². The van der Waals surface area contributed by atoms with Crippen molar-refractivity contribution in [1.82, 2.24) is 5.32 Å². The molecule has 2 rings (SSSR count). The Hall–Kier alpha value is -0.0800. The first-order valence-electron chi connectivity index (χ1n) is 5.64. The lowest BCUT2D eigenvalue weighted by atomic mass is 9.59. The molecule has 1 atom stereocenters. The average molecular weight is 183 g/mol. The van der Waals surface area contributed by atoms with E-state index in [9.17, 15) is 5.11 Å². The Labute approximate surface area is 80.7 Å². The van der Waals surface area contributed by atoms with E-state index in [-0.39, 0.29) is 5.54 Å². The molecule has 0 bridgehead atoms. The lowest BCUT2D eigenvalue weighted by Gasteiger charge is -2.52. The summed E-state index contributed by atoms with van der Waals surface area (Å²) in [5, 5.41) is 13.1. The predicted octanol–water partition coefficient (Wildman–Crippen LogP) is 1.68. The van der Waals surface area contributed by atoms with Crippen LogP contribution in [-0.2, 0) is 0 Å². The van der Waals surface area contributed by atoms with Crippen molar-refractivity contribution in [2.45, 2.75) is 51.0 Å². The van der Waals surface area contributed by atoms with Crippen LogP contribution in [0.15, 0.2) is 0 Å². The Bertz CT molecular complexity index is 189. The van der Waals surface area contributed by atoms with Gasteiger partial charge in [0.2, 0.25) is 0 Å². The van der Waals surface area contributed by atoms with Crippen molar-refractivity contribution >= 4 is 0 Å². The van der Waals surface area contributed by atoms with Crippen LogP contribution < -0.4 is 5.32 Å². The fraction of sp³-hybridized carbons (Fsp3) is 1.00. The topological polar surface area (TPSA) is 32.3 Å². The summed E-state index contributed by atoms with van der Waals surface area (Å²) in [6, 6.07) is 0. The lowest BCUT2D eigenvalue weighted by Crippen LogP contribution is -2.60. The van der Waals surface area contributed by atoms with Gasteiger partial charge in [0.25, 0.3) is 0 Å². The normalized spacial score (nSPS) is 36.5. The highest BCUT2D eigenvalue weighted by Gasteiger charge is 2.56. The van der Waals surface area contributed by atoms with Crippen LogP contribution in [-0.4, -0.2) is 23.8 Å². The van der Waals surface area contributed by atoms with Gasteiger partial charge in [0.1, 0.15) is 0 Å². The number of hydrogen-bond acceptors (Lipinski definition) is 2. The molecule has 13 heavy (non-hydrogen) atoms. The van der Waals surface area contributed by atoms with Crippen molar-refractivity contribution in [2.24, 2.45) is 5.41 Å². The highest BCUT2D eigenvalue weighted by molar-refractivity contribution is 5.12. The third-order valence-corrected chi connectivity index (χ3v) is 4.37. The lowest BCUT2D eigenvalue weighted by molar-refractivity contribution is -0.00907. The summed E-state index contributed by atoms with van der Waals surface area (Å²) < 4.78 is 0. The maximum Gasteiger partial charge on any atom is 0.0618 e. The Morgan fingerprint density at radius 3 is 2.23 bits per heavy atom. The number of rotatable bonds is 3. The molecule has 2 aliphatic rings. The van der Waals surface area contributed by atoms with Crippen LogP contribution >= 0.6 is 0 Å². The Kier molecular flexibility index (Phi) is 2.37. The fourth-order valence-corrected chi connectivity index (χ4v) is 3.48. The number of aliphatic hydroxyl groups excluding tert-OH is 1. The zero-order chi connectivity index (χ0) is 9.36. The van der Waals surface area contributed by atoms with Gasteiger partial charge in [-0.15, -0.1) is 0 Å². The van der Waals surface area contributed by atoms with Gasteiger partial charge in [-0.05, 0) is 37.6 Å². The fourth-order valence-electron chi connectivity index (χ4n) is 3.48. The van der Waals surface area contributed by atoms with Gasteiger partial charge in [-0.3, -0.25) is 0 Å². The second kappa shape index (κ2) is 3.25. The van der Waals surface area contributed by atoms with E-state index in [0.29, 0.717) is 12.0 Å². The second-order valence-corrected chi connectivity index (χ2v) is 4.76. The van der Waals surface area contributed by atoms with E-state index in [1.807, 2.05) is 0 Å². The van der Waals surface area contributed by atoms with Crippen LogP contribution in [0.4, 0.5) is 0 Å². The number of aliphatic hydroxyl groups is 1. The van der Waals surface area contributed by atoms with E-state index in [1.165, 1.54) is 38.5 Å². The molecule has 2 nitrogen and oxygen atoms in total. The monoisotopic (exact) mass is 183 g/mol. The van der Waals surface area contributed by atoms with Crippen LogP contribution in [0.2, 0.25) is 0 Å². The Morgan fingerprint density at radius 1 is 1.15 bits per heavy atom. The zero-order valence-electron chi connectivity index (χ0n) is 8.60. The Morgan fingerprint density at radius 2 is 1.77 bits per heavy atom. The van der Waals surface area contributed by atoms with Crippen molar-refractivity contribution in [2.75, 3.05) is 13.2 Å².